The first-order chi connectivity index (χ1) is 9.80. The summed E-state index contributed by atoms with van der Waals surface area (Å²) in [7, 11) is -1.80. The molecule has 2 nitrogen and oxygen atoms in total. The lowest BCUT2D eigenvalue weighted by atomic mass is 10.1. The van der Waals surface area contributed by atoms with Gasteiger partial charge in [-0.25, -0.2) is 0 Å². The van der Waals surface area contributed by atoms with Crippen LogP contribution in [0.25, 0.3) is 0 Å². The van der Waals surface area contributed by atoms with Crippen LogP contribution in [0, 0.1) is 5.92 Å². The molecule has 2 aliphatic rings. The van der Waals surface area contributed by atoms with Crippen molar-refractivity contribution in [1.29, 1.82) is 0 Å². The molecule has 2 rings (SSSR count). The normalized spacial score (nSPS) is 23.2. The number of carbonyl (C=O) groups is 1. The van der Waals surface area contributed by atoms with Gasteiger partial charge in [-0.05, 0) is 50.9 Å². The lowest BCUT2D eigenvalue weighted by Crippen LogP contribution is -2.58. The van der Waals surface area contributed by atoms with Gasteiger partial charge in [0, 0.05) is 11.5 Å². The van der Waals surface area contributed by atoms with Crippen molar-refractivity contribution in [2.45, 2.75) is 78.4 Å². The second-order valence-corrected chi connectivity index (χ2v) is 11.5. The molecular formula is C18H31NOSi. The highest BCUT2D eigenvalue weighted by atomic mass is 28.3. The molecule has 0 unspecified atom stereocenters. The summed E-state index contributed by atoms with van der Waals surface area (Å²) in [5.41, 5.74) is 6.54. The van der Waals surface area contributed by atoms with Crippen LogP contribution in [0.3, 0.4) is 0 Å². The lowest BCUT2D eigenvalue weighted by Gasteiger charge is -2.42. The number of rotatable bonds is 3. The van der Waals surface area contributed by atoms with Crippen LogP contribution in [0.15, 0.2) is 22.3 Å². The molecule has 118 valence electrons. The Balaban J connectivity index is 2.39. The van der Waals surface area contributed by atoms with Gasteiger partial charge in [-0.2, -0.15) is 0 Å². The molecule has 0 spiro atoms. The summed E-state index contributed by atoms with van der Waals surface area (Å²) < 4.78 is 0. The van der Waals surface area contributed by atoms with E-state index in [1.54, 1.807) is 0 Å². The van der Waals surface area contributed by atoms with Crippen LogP contribution >= 0.6 is 0 Å². The Labute approximate surface area is 131 Å². The predicted octanol–water partition coefficient (Wildman–Crippen LogP) is 4.94. The average Bonchev–Trinajstić information content (AvgIpc) is 2.64. The fourth-order valence-corrected chi connectivity index (χ4v) is 10.1. The molecule has 0 saturated carbocycles. The number of carbonyl (C=O) groups excluding carboxylic acids is 1. The molecular weight excluding hydrogens is 274 g/mol. The minimum atomic E-state index is -1.80. The van der Waals surface area contributed by atoms with E-state index in [0.29, 0.717) is 5.54 Å². The summed E-state index contributed by atoms with van der Waals surface area (Å²) in [4.78, 5) is 16.0. The summed E-state index contributed by atoms with van der Waals surface area (Å²) in [6, 6.07) is 2.51. The topological polar surface area (TPSA) is 29.1 Å². The summed E-state index contributed by atoms with van der Waals surface area (Å²) in [5, 5.41) is 0. The third-order valence-corrected chi connectivity index (χ3v) is 11.0. The van der Waals surface area contributed by atoms with Gasteiger partial charge in [-0.1, -0.05) is 44.3 Å². The number of allylic oxidation sites excluding steroid dienone is 4. The van der Waals surface area contributed by atoms with Crippen LogP contribution in [0.4, 0.5) is 0 Å². The smallest absolute Gasteiger partial charge is 0.214 e. The first-order valence-corrected chi connectivity index (χ1v) is 11.0. The van der Waals surface area contributed by atoms with Gasteiger partial charge in [0.2, 0.25) is 5.91 Å². The van der Waals surface area contributed by atoms with E-state index in [0.717, 1.165) is 0 Å². The Bertz CT molecular complexity index is 471. The fourth-order valence-electron chi connectivity index (χ4n) is 4.24. The minimum Gasteiger partial charge on any atom is -0.380 e. The number of amides is 1. The lowest BCUT2D eigenvalue weighted by molar-refractivity contribution is -0.122. The molecule has 0 atom stereocenters. The third-order valence-electron chi connectivity index (χ3n) is 5.81. The zero-order valence-corrected chi connectivity index (χ0v) is 15.6. The minimum absolute atomic E-state index is 0.0912. The van der Waals surface area contributed by atoms with Crippen molar-refractivity contribution in [3.8, 4) is 0 Å². The molecule has 1 N–H and O–H groups in total. The van der Waals surface area contributed by atoms with Crippen molar-refractivity contribution in [2.75, 3.05) is 0 Å². The monoisotopic (exact) mass is 305 g/mol. The third kappa shape index (κ3) is 2.90. The molecule has 0 aromatic carbocycles. The van der Waals surface area contributed by atoms with Crippen molar-refractivity contribution in [1.82, 2.24) is 4.98 Å². The Morgan fingerprint density at radius 2 is 1.48 bits per heavy atom. The molecule has 21 heavy (non-hydrogen) atoms. The van der Waals surface area contributed by atoms with Crippen LogP contribution in [0.1, 0.15) is 60.8 Å². The highest BCUT2D eigenvalue weighted by Crippen LogP contribution is 2.50. The SMILES string of the molecule is CC1=C(C)C([Si]2(NC(=O)C(C)C)CCCCC2)C(C)=C1C. The zero-order valence-electron chi connectivity index (χ0n) is 14.6. The molecule has 1 aliphatic heterocycles. The van der Waals surface area contributed by atoms with Crippen molar-refractivity contribution in [3.05, 3.63) is 22.3 Å². The molecule has 1 aliphatic carbocycles. The zero-order chi connectivity index (χ0) is 15.8. The van der Waals surface area contributed by atoms with Crippen molar-refractivity contribution in [3.63, 3.8) is 0 Å². The first kappa shape index (κ1) is 16.5. The maximum absolute atomic E-state index is 12.4. The molecule has 0 bridgehead atoms. The number of hydrogen-bond donors (Lipinski definition) is 1. The Morgan fingerprint density at radius 3 is 1.90 bits per heavy atom. The van der Waals surface area contributed by atoms with Crippen LogP contribution < -0.4 is 4.98 Å². The van der Waals surface area contributed by atoms with Crippen LogP contribution in [0.5, 0.6) is 0 Å². The average molecular weight is 306 g/mol. The van der Waals surface area contributed by atoms with Gasteiger partial charge in [0.05, 0.1) is 0 Å². The molecule has 1 fully saturated rings. The summed E-state index contributed by atoms with van der Waals surface area (Å²) in [6.07, 6.45) is 3.92. The summed E-state index contributed by atoms with van der Waals surface area (Å²) >= 11 is 0. The van der Waals surface area contributed by atoms with E-state index in [1.165, 1.54) is 53.6 Å². The molecule has 1 saturated heterocycles. The standard InChI is InChI=1S/C18H31NOSi/c1-12(2)18(20)19-21(10-8-7-9-11-21)17-15(5)13(3)14(4)16(17)6/h12,17H,7-11H2,1-6H3,(H,19,20). The van der Waals surface area contributed by atoms with Crippen LogP contribution in [0.2, 0.25) is 17.6 Å². The van der Waals surface area contributed by atoms with Crippen molar-refractivity contribution < 1.29 is 4.79 Å². The van der Waals surface area contributed by atoms with E-state index in [9.17, 15) is 4.79 Å². The van der Waals surface area contributed by atoms with Gasteiger partial charge >= 0.3 is 0 Å². The fraction of sp³-hybridized carbons (Fsp3) is 0.722. The summed E-state index contributed by atoms with van der Waals surface area (Å²) in [6.45, 7) is 13.1. The summed E-state index contributed by atoms with van der Waals surface area (Å²) in [5.74, 6) is 0.361. The van der Waals surface area contributed by atoms with Gasteiger partial charge in [0.1, 0.15) is 0 Å². The maximum atomic E-state index is 12.4. The van der Waals surface area contributed by atoms with E-state index in [-0.39, 0.29) is 11.8 Å². The van der Waals surface area contributed by atoms with E-state index >= 15 is 0 Å². The second-order valence-electron chi connectivity index (χ2n) is 7.41. The molecule has 0 aromatic heterocycles. The predicted molar refractivity (Wildman–Crippen MR) is 92.7 cm³/mol. The van der Waals surface area contributed by atoms with Crippen LogP contribution in [-0.2, 0) is 4.79 Å². The molecule has 1 amide bonds. The largest absolute Gasteiger partial charge is 0.380 e. The van der Waals surface area contributed by atoms with Gasteiger partial charge in [-0.3, -0.25) is 4.79 Å². The molecule has 1 heterocycles. The highest BCUT2D eigenvalue weighted by Gasteiger charge is 2.48. The maximum Gasteiger partial charge on any atom is 0.214 e. The van der Waals surface area contributed by atoms with E-state index in [1.807, 2.05) is 13.8 Å². The molecule has 0 aromatic rings. The first-order valence-electron chi connectivity index (χ1n) is 8.47. The Hall–Kier alpha value is -0.833. The number of nitrogens with one attached hydrogen (secondary N) is 1. The van der Waals surface area contributed by atoms with E-state index in [4.69, 9.17) is 0 Å². The van der Waals surface area contributed by atoms with Crippen molar-refractivity contribution >= 4 is 14.1 Å². The second kappa shape index (κ2) is 6.11. The Kier molecular flexibility index (Phi) is 4.81. The van der Waals surface area contributed by atoms with Crippen molar-refractivity contribution in [2.24, 2.45) is 5.92 Å². The van der Waals surface area contributed by atoms with E-state index < -0.39 is 8.24 Å². The van der Waals surface area contributed by atoms with Gasteiger partial charge in [-0.15, -0.1) is 0 Å². The van der Waals surface area contributed by atoms with Gasteiger partial charge in [0.25, 0.3) is 0 Å². The van der Waals surface area contributed by atoms with Crippen LogP contribution in [-0.4, -0.2) is 14.1 Å². The molecule has 0 radical (unpaired) electrons. The van der Waals surface area contributed by atoms with E-state index in [2.05, 4.69) is 32.7 Å². The van der Waals surface area contributed by atoms with Gasteiger partial charge < -0.3 is 4.98 Å². The highest BCUT2D eigenvalue weighted by molar-refractivity contribution is 6.82. The molecule has 3 heteroatoms. The Morgan fingerprint density at radius 1 is 1.00 bits per heavy atom. The van der Waals surface area contributed by atoms with Gasteiger partial charge in [0.15, 0.2) is 8.24 Å². The quantitative estimate of drug-likeness (QED) is 0.735. The number of hydrogen-bond acceptors (Lipinski definition) is 1.